The van der Waals surface area contributed by atoms with E-state index in [1.54, 1.807) is 0 Å². The number of rotatable bonds is 5. The van der Waals surface area contributed by atoms with Crippen LogP contribution in [0.3, 0.4) is 0 Å². The molecule has 0 bridgehead atoms. The Bertz CT molecular complexity index is 996. The number of anilines is 2. The van der Waals surface area contributed by atoms with E-state index < -0.39 is 0 Å². The minimum absolute atomic E-state index is 0.310. The molecule has 2 nitrogen and oxygen atoms in total. The van der Waals surface area contributed by atoms with Crippen molar-refractivity contribution in [1.82, 2.24) is 0 Å². The second kappa shape index (κ2) is 6.86. The lowest BCUT2D eigenvalue weighted by Crippen LogP contribution is -2.25. The molecular formula is C23H22N2. The maximum absolute atomic E-state index is 3.64. The van der Waals surface area contributed by atoms with Crippen LogP contribution >= 0.6 is 0 Å². The highest BCUT2D eigenvalue weighted by Gasteiger charge is 2.06. The Hall–Kier alpha value is -3.00. The number of nitrogens with one attached hydrogen (secondary N) is 2. The third kappa shape index (κ3) is 3.29. The molecule has 0 aliphatic heterocycles. The smallest absolute Gasteiger partial charge is 0.0422 e. The fraction of sp³-hybridized carbons (Fsp3) is 0.130. The Morgan fingerprint density at radius 2 is 1.16 bits per heavy atom. The Morgan fingerprint density at radius 3 is 1.84 bits per heavy atom. The van der Waals surface area contributed by atoms with Crippen molar-refractivity contribution in [3.8, 4) is 0 Å². The van der Waals surface area contributed by atoms with Crippen LogP contribution in [0.1, 0.15) is 6.92 Å². The van der Waals surface area contributed by atoms with Gasteiger partial charge in [0.1, 0.15) is 0 Å². The molecule has 0 saturated heterocycles. The van der Waals surface area contributed by atoms with Crippen LogP contribution in [0.2, 0.25) is 0 Å². The third-order valence-electron chi connectivity index (χ3n) is 4.58. The van der Waals surface area contributed by atoms with E-state index in [1.165, 1.54) is 32.9 Å². The summed E-state index contributed by atoms with van der Waals surface area (Å²) in [5.41, 5.74) is 2.37. The Labute approximate surface area is 148 Å². The van der Waals surface area contributed by atoms with Crippen molar-refractivity contribution in [2.45, 2.75) is 13.0 Å². The van der Waals surface area contributed by atoms with Gasteiger partial charge in [0.15, 0.2) is 0 Å². The number of benzene rings is 4. The summed E-state index contributed by atoms with van der Waals surface area (Å²) in [6.07, 6.45) is 0. The van der Waals surface area contributed by atoms with Gasteiger partial charge in [-0.3, -0.25) is 0 Å². The van der Waals surface area contributed by atoms with E-state index in [2.05, 4.69) is 102 Å². The van der Waals surface area contributed by atoms with Crippen LogP contribution in [0.25, 0.3) is 21.5 Å². The first-order valence-electron chi connectivity index (χ1n) is 8.77. The molecule has 0 heterocycles. The minimum Gasteiger partial charge on any atom is -0.382 e. The van der Waals surface area contributed by atoms with Gasteiger partial charge >= 0.3 is 0 Å². The highest BCUT2D eigenvalue weighted by Crippen LogP contribution is 2.25. The molecule has 2 N–H and O–H groups in total. The van der Waals surface area contributed by atoms with Gasteiger partial charge in [-0.1, -0.05) is 72.8 Å². The molecule has 0 amide bonds. The molecule has 2 heteroatoms. The van der Waals surface area contributed by atoms with E-state index in [-0.39, 0.29) is 0 Å². The predicted molar refractivity (Wildman–Crippen MR) is 109 cm³/mol. The van der Waals surface area contributed by atoms with Gasteiger partial charge in [0.2, 0.25) is 0 Å². The molecule has 0 spiro atoms. The number of hydrogen-bond acceptors (Lipinski definition) is 2. The molecule has 124 valence electrons. The van der Waals surface area contributed by atoms with Gasteiger partial charge in [0.25, 0.3) is 0 Å². The Morgan fingerprint density at radius 1 is 0.640 bits per heavy atom. The van der Waals surface area contributed by atoms with Gasteiger partial charge in [-0.05, 0) is 29.8 Å². The lowest BCUT2D eigenvalue weighted by molar-refractivity contribution is 0.838. The van der Waals surface area contributed by atoms with Crippen LogP contribution in [0.4, 0.5) is 11.4 Å². The second-order valence-electron chi connectivity index (χ2n) is 6.48. The van der Waals surface area contributed by atoms with Gasteiger partial charge in [-0.2, -0.15) is 0 Å². The summed E-state index contributed by atoms with van der Waals surface area (Å²) < 4.78 is 0. The van der Waals surface area contributed by atoms with Crippen LogP contribution < -0.4 is 10.6 Å². The monoisotopic (exact) mass is 326 g/mol. The molecule has 0 aromatic heterocycles. The van der Waals surface area contributed by atoms with Crippen molar-refractivity contribution in [3.63, 3.8) is 0 Å². The topological polar surface area (TPSA) is 24.1 Å². The number of fused-ring (bicyclic) bond motifs is 2. The average molecular weight is 326 g/mol. The molecule has 1 atom stereocenters. The Balaban J connectivity index is 1.49. The average Bonchev–Trinajstić information content (AvgIpc) is 2.66. The molecule has 1 unspecified atom stereocenters. The zero-order valence-electron chi connectivity index (χ0n) is 14.4. The lowest BCUT2D eigenvalue weighted by atomic mass is 10.1. The van der Waals surface area contributed by atoms with E-state index in [4.69, 9.17) is 0 Å². The maximum Gasteiger partial charge on any atom is 0.0422 e. The summed E-state index contributed by atoms with van der Waals surface area (Å²) in [4.78, 5) is 0. The maximum atomic E-state index is 3.64. The highest BCUT2D eigenvalue weighted by molar-refractivity contribution is 5.94. The van der Waals surface area contributed by atoms with Crippen molar-refractivity contribution >= 4 is 32.9 Å². The van der Waals surface area contributed by atoms with Gasteiger partial charge in [0.05, 0.1) is 0 Å². The fourth-order valence-corrected chi connectivity index (χ4v) is 3.31. The molecule has 0 saturated carbocycles. The molecular weight excluding hydrogens is 304 g/mol. The molecule has 25 heavy (non-hydrogen) atoms. The van der Waals surface area contributed by atoms with E-state index >= 15 is 0 Å². The van der Waals surface area contributed by atoms with E-state index in [0.717, 1.165) is 6.54 Å². The van der Waals surface area contributed by atoms with Crippen molar-refractivity contribution in [3.05, 3.63) is 84.9 Å². The van der Waals surface area contributed by atoms with Crippen molar-refractivity contribution in [2.24, 2.45) is 0 Å². The fourth-order valence-electron chi connectivity index (χ4n) is 3.31. The Kier molecular flexibility index (Phi) is 4.26. The third-order valence-corrected chi connectivity index (χ3v) is 4.58. The molecule has 4 aromatic carbocycles. The van der Waals surface area contributed by atoms with Crippen LogP contribution in [0, 0.1) is 0 Å². The zero-order valence-corrected chi connectivity index (χ0v) is 14.4. The van der Waals surface area contributed by atoms with Crippen LogP contribution in [-0.4, -0.2) is 12.6 Å². The number of hydrogen-bond donors (Lipinski definition) is 2. The van der Waals surface area contributed by atoms with Crippen molar-refractivity contribution in [1.29, 1.82) is 0 Å². The summed E-state index contributed by atoms with van der Waals surface area (Å²) >= 11 is 0. The zero-order chi connectivity index (χ0) is 17.1. The first kappa shape index (κ1) is 15.5. The highest BCUT2D eigenvalue weighted by atomic mass is 15.0. The van der Waals surface area contributed by atoms with Gasteiger partial charge in [-0.25, -0.2) is 0 Å². The van der Waals surface area contributed by atoms with E-state index in [1.807, 2.05) is 0 Å². The first-order valence-corrected chi connectivity index (χ1v) is 8.77. The van der Waals surface area contributed by atoms with Crippen molar-refractivity contribution in [2.75, 3.05) is 17.2 Å². The molecule has 4 rings (SSSR count). The summed E-state index contributed by atoms with van der Waals surface area (Å²) in [6.45, 7) is 3.07. The van der Waals surface area contributed by atoms with Crippen LogP contribution in [0.5, 0.6) is 0 Å². The SMILES string of the molecule is CC(CNc1cccc2ccccc12)Nc1cccc2ccccc12. The standard InChI is InChI=1S/C23H22N2/c1-17(25-23-15-7-11-19-9-3-5-13-21(19)23)16-24-22-14-6-10-18-8-2-4-12-20(18)22/h2-15,17,24-25H,16H2,1H3. The largest absolute Gasteiger partial charge is 0.382 e. The molecule has 4 aromatic rings. The van der Waals surface area contributed by atoms with Crippen LogP contribution in [0.15, 0.2) is 84.9 Å². The predicted octanol–water partition coefficient (Wildman–Crippen LogP) is 5.91. The summed E-state index contributed by atoms with van der Waals surface area (Å²) in [5.74, 6) is 0. The van der Waals surface area contributed by atoms with Gasteiger partial charge < -0.3 is 10.6 Å². The molecule has 0 aliphatic carbocycles. The first-order chi connectivity index (χ1) is 12.3. The van der Waals surface area contributed by atoms with E-state index in [9.17, 15) is 0 Å². The van der Waals surface area contributed by atoms with E-state index in [0.29, 0.717) is 6.04 Å². The summed E-state index contributed by atoms with van der Waals surface area (Å²) in [5, 5.41) is 12.3. The van der Waals surface area contributed by atoms with Crippen LogP contribution in [-0.2, 0) is 0 Å². The second-order valence-corrected chi connectivity index (χ2v) is 6.48. The summed E-state index contributed by atoms with van der Waals surface area (Å²) in [6, 6.07) is 30.1. The van der Waals surface area contributed by atoms with Crippen molar-refractivity contribution < 1.29 is 0 Å². The quantitative estimate of drug-likeness (QED) is 0.477. The normalized spacial score (nSPS) is 12.2. The minimum atomic E-state index is 0.310. The van der Waals surface area contributed by atoms with Gasteiger partial charge in [-0.15, -0.1) is 0 Å². The molecule has 0 aliphatic rings. The summed E-state index contributed by atoms with van der Waals surface area (Å²) in [7, 11) is 0. The molecule has 0 radical (unpaired) electrons. The molecule has 0 fully saturated rings. The van der Waals surface area contributed by atoms with Gasteiger partial charge in [0, 0.05) is 34.7 Å². The lowest BCUT2D eigenvalue weighted by Gasteiger charge is -2.19.